The molecule has 0 aliphatic carbocycles. The van der Waals surface area contributed by atoms with Crippen LogP contribution in [0, 0.1) is 5.41 Å². The van der Waals surface area contributed by atoms with Crippen LogP contribution in [0.15, 0.2) is 11.8 Å². The van der Waals surface area contributed by atoms with Crippen molar-refractivity contribution in [3.05, 3.63) is 11.8 Å². The zero-order valence-electron chi connectivity index (χ0n) is 6.90. The number of nitrogens with one attached hydrogen (secondary N) is 1. The Morgan fingerprint density at radius 3 is 2.50 bits per heavy atom. The van der Waals surface area contributed by atoms with Gasteiger partial charge in [0.25, 0.3) is 0 Å². The van der Waals surface area contributed by atoms with Crippen molar-refractivity contribution in [2.75, 3.05) is 7.11 Å². The molecule has 0 saturated carbocycles. The third kappa shape index (κ3) is 4.13. The first kappa shape index (κ1) is 9.21. The highest BCUT2D eigenvalue weighted by molar-refractivity contribution is 5.90. The molecule has 0 unspecified atom stereocenters. The standard InChI is InChI=1S/C8H15NO/c1-4-5-8(10-3)6-7(2)9/h6,9H,4-5H2,1-3H3/b8-6-,9-7?. The van der Waals surface area contributed by atoms with Gasteiger partial charge in [-0.15, -0.1) is 0 Å². The first-order valence-corrected chi connectivity index (χ1v) is 3.50. The number of hydrogen-bond acceptors (Lipinski definition) is 2. The molecule has 2 heteroatoms. The van der Waals surface area contributed by atoms with Gasteiger partial charge in [-0.05, 0) is 19.4 Å². The van der Waals surface area contributed by atoms with Crippen LogP contribution in [0.2, 0.25) is 0 Å². The van der Waals surface area contributed by atoms with Gasteiger partial charge in [-0.25, -0.2) is 0 Å². The van der Waals surface area contributed by atoms with Crippen molar-refractivity contribution in [3.8, 4) is 0 Å². The number of ether oxygens (including phenoxy) is 1. The number of allylic oxidation sites excluding steroid dienone is 2. The second kappa shape index (κ2) is 5.03. The molecule has 2 nitrogen and oxygen atoms in total. The fourth-order valence-electron chi connectivity index (χ4n) is 0.721. The zero-order chi connectivity index (χ0) is 7.98. The maximum Gasteiger partial charge on any atom is 0.0973 e. The zero-order valence-corrected chi connectivity index (χ0v) is 6.90. The molecule has 0 heterocycles. The Morgan fingerprint density at radius 2 is 2.20 bits per heavy atom. The Hall–Kier alpha value is -0.790. The summed E-state index contributed by atoms with van der Waals surface area (Å²) in [6, 6.07) is 0. The Labute approximate surface area is 62.4 Å². The molecule has 10 heavy (non-hydrogen) atoms. The molecule has 0 atom stereocenters. The highest BCUT2D eigenvalue weighted by atomic mass is 16.5. The van der Waals surface area contributed by atoms with E-state index in [1.165, 1.54) is 0 Å². The normalized spacial score (nSPS) is 11.3. The van der Waals surface area contributed by atoms with E-state index in [1.807, 2.05) is 0 Å². The fraction of sp³-hybridized carbons (Fsp3) is 0.625. The van der Waals surface area contributed by atoms with E-state index in [1.54, 1.807) is 20.1 Å². The topological polar surface area (TPSA) is 33.1 Å². The van der Waals surface area contributed by atoms with Gasteiger partial charge in [0, 0.05) is 12.1 Å². The van der Waals surface area contributed by atoms with Gasteiger partial charge in [0.1, 0.15) is 0 Å². The van der Waals surface area contributed by atoms with Gasteiger partial charge >= 0.3 is 0 Å². The van der Waals surface area contributed by atoms with Crippen LogP contribution >= 0.6 is 0 Å². The Balaban J connectivity index is 3.91. The van der Waals surface area contributed by atoms with E-state index in [4.69, 9.17) is 10.1 Å². The molecule has 0 bridgehead atoms. The van der Waals surface area contributed by atoms with E-state index in [2.05, 4.69) is 6.92 Å². The number of hydrogen-bond donors (Lipinski definition) is 1. The molecule has 0 aromatic carbocycles. The van der Waals surface area contributed by atoms with Crippen molar-refractivity contribution >= 4 is 5.71 Å². The van der Waals surface area contributed by atoms with Crippen LogP contribution in [0.3, 0.4) is 0 Å². The Bertz CT molecular complexity index is 138. The molecule has 58 valence electrons. The summed E-state index contributed by atoms with van der Waals surface area (Å²) < 4.78 is 5.02. The molecular weight excluding hydrogens is 126 g/mol. The van der Waals surface area contributed by atoms with Gasteiger partial charge < -0.3 is 10.1 Å². The van der Waals surface area contributed by atoms with Crippen molar-refractivity contribution in [1.82, 2.24) is 0 Å². The van der Waals surface area contributed by atoms with Gasteiger partial charge in [0.15, 0.2) is 0 Å². The van der Waals surface area contributed by atoms with Crippen molar-refractivity contribution in [3.63, 3.8) is 0 Å². The Kier molecular flexibility index (Phi) is 4.63. The van der Waals surface area contributed by atoms with Crippen LogP contribution in [0.4, 0.5) is 0 Å². The summed E-state index contributed by atoms with van der Waals surface area (Å²) in [5.41, 5.74) is 0.547. The van der Waals surface area contributed by atoms with Crippen LogP contribution in [0.5, 0.6) is 0 Å². The van der Waals surface area contributed by atoms with E-state index < -0.39 is 0 Å². The molecule has 0 aliphatic heterocycles. The predicted octanol–water partition coefficient (Wildman–Crippen LogP) is 2.36. The SMILES string of the molecule is CCC/C(=C/C(C)=N)OC. The average molecular weight is 141 g/mol. The minimum absolute atomic E-state index is 0.547. The summed E-state index contributed by atoms with van der Waals surface area (Å²) in [7, 11) is 1.64. The molecule has 0 saturated heterocycles. The first-order chi connectivity index (χ1) is 4.70. The summed E-state index contributed by atoms with van der Waals surface area (Å²) >= 11 is 0. The smallest absolute Gasteiger partial charge is 0.0973 e. The average Bonchev–Trinajstić information content (AvgIpc) is 1.86. The molecule has 0 amide bonds. The predicted molar refractivity (Wildman–Crippen MR) is 43.4 cm³/mol. The second-order valence-corrected chi connectivity index (χ2v) is 2.25. The van der Waals surface area contributed by atoms with Gasteiger partial charge in [0.05, 0.1) is 12.9 Å². The number of rotatable bonds is 4. The van der Waals surface area contributed by atoms with E-state index in [-0.39, 0.29) is 0 Å². The third-order valence-corrected chi connectivity index (χ3v) is 1.14. The summed E-state index contributed by atoms with van der Waals surface area (Å²) in [6.07, 6.45) is 3.74. The lowest BCUT2D eigenvalue weighted by Crippen LogP contribution is -1.90. The van der Waals surface area contributed by atoms with Crippen molar-refractivity contribution < 1.29 is 4.74 Å². The quantitative estimate of drug-likeness (QED) is 0.473. The lowest BCUT2D eigenvalue weighted by molar-refractivity contribution is 0.277. The van der Waals surface area contributed by atoms with E-state index in [0.29, 0.717) is 5.71 Å². The van der Waals surface area contributed by atoms with Crippen LogP contribution in [-0.4, -0.2) is 12.8 Å². The lowest BCUT2D eigenvalue weighted by Gasteiger charge is -2.02. The van der Waals surface area contributed by atoms with E-state index >= 15 is 0 Å². The highest BCUT2D eigenvalue weighted by Crippen LogP contribution is 2.04. The maximum atomic E-state index is 7.15. The molecule has 0 aliphatic rings. The van der Waals surface area contributed by atoms with Crippen molar-refractivity contribution in [2.24, 2.45) is 0 Å². The molecule has 0 spiro atoms. The monoisotopic (exact) mass is 141 g/mol. The van der Waals surface area contributed by atoms with Gasteiger partial charge in [0.2, 0.25) is 0 Å². The molecule has 0 aromatic rings. The summed E-state index contributed by atoms with van der Waals surface area (Å²) in [5, 5.41) is 7.15. The summed E-state index contributed by atoms with van der Waals surface area (Å²) in [5.74, 6) is 0.898. The van der Waals surface area contributed by atoms with Crippen LogP contribution in [-0.2, 0) is 4.74 Å². The second-order valence-electron chi connectivity index (χ2n) is 2.25. The van der Waals surface area contributed by atoms with Gasteiger partial charge in [-0.3, -0.25) is 0 Å². The minimum atomic E-state index is 0.547. The lowest BCUT2D eigenvalue weighted by atomic mass is 10.2. The Morgan fingerprint density at radius 1 is 1.60 bits per heavy atom. The van der Waals surface area contributed by atoms with E-state index in [9.17, 15) is 0 Å². The first-order valence-electron chi connectivity index (χ1n) is 3.50. The molecular formula is C8H15NO. The highest BCUT2D eigenvalue weighted by Gasteiger charge is 1.92. The molecule has 0 fully saturated rings. The fourth-order valence-corrected chi connectivity index (χ4v) is 0.721. The van der Waals surface area contributed by atoms with Gasteiger partial charge in [-0.1, -0.05) is 6.92 Å². The largest absolute Gasteiger partial charge is 0.501 e. The van der Waals surface area contributed by atoms with Crippen LogP contribution in [0.25, 0.3) is 0 Å². The summed E-state index contributed by atoms with van der Waals surface area (Å²) in [6.45, 7) is 3.83. The van der Waals surface area contributed by atoms with Gasteiger partial charge in [-0.2, -0.15) is 0 Å². The minimum Gasteiger partial charge on any atom is -0.501 e. The van der Waals surface area contributed by atoms with Crippen LogP contribution < -0.4 is 0 Å². The molecule has 0 radical (unpaired) electrons. The van der Waals surface area contributed by atoms with Crippen molar-refractivity contribution in [2.45, 2.75) is 26.7 Å². The van der Waals surface area contributed by atoms with Crippen molar-refractivity contribution in [1.29, 1.82) is 5.41 Å². The maximum absolute atomic E-state index is 7.15. The number of methoxy groups -OCH3 is 1. The van der Waals surface area contributed by atoms with Crippen LogP contribution in [0.1, 0.15) is 26.7 Å². The third-order valence-electron chi connectivity index (χ3n) is 1.14. The molecule has 1 N–H and O–H groups in total. The molecule has 0 aromatic heterocycles. The summed E-state index contributed by atoms with van der Waals surface area (Å²) in [4.78, 5) is 0. The van der Waals surface area contributed by atoms with E-state index in [0.717, 1.165) is 18.6 Å². The molecule has 0 rings (SSSR count).